The van der Waals surface area contributed by atoms with Crippen molar-refractivity contribution in [3.8, 4) is 0 Å². The van der Waals surface area contributed by atoms with Crippen molar-refractivity contribution in [1.29, 1.82) is 0 Å². The van der Waals surface area contributed by atoms with Crippen molar-refractivity contribution in [3.05, 3.63) is 0 Å². The highest BCUT2D eigenvalue weighted by atomic mass is 79.9. The Hall–Kier alpha value is 0.230. The Bertz CT molecular complexity index is 189. The molecule has 0 spiro atoms. The van der Waals surface area contributed by atoms with Crippen LogP contribution in [0.2, 0.25) is 0 Å². The summed E-state index contributed by atoms with van der Waals surface area (Å²) in [6.45, 7) is 0.882. The minimum atomic E-state index is -4.03. The maximum absolute atomic E-state index is 11.9. The molecule has 0 atom stereocenters. The van der Waals surface area contributed by atoms with Crippen LogP contribution >= 0.6 is 15.9 Å². The van der Waals surface area contributed by atoms with Gasteiger partial charge in [0.05, 0.1) is 6.42 Å². The minimum Gasteiger partial charge on any atom is -0.305 e. The molecule has 1 rings (SSSR count). The van der Waals surface area contributed by atoms with Gasteiger partial charge in [-0.2, -0.15) is 13.2 Å². The first-order chi connectivity index (χ1) is 6.37. The zero-order valence-electron chi connectivity index (χ0n) is 8.20. The summed E-state index contributed by atoms with van der Waals surface area (Å²) in [4.78, 5) is 1.78. The highest BCUT2D eigenvalue weighted by molar-refractivity contribution is 9.09. The number of hydrogen-bond donors (Lipinski definition) is 0. The lowest BCUT2D eigenvalue weighted by molar-refractivity contribution is -0.137. The lowest BCUT2D eigenvalue weighted by Gasteiger charge is -2.22. The number of alkyl halides is 4. The van der Waals surface area contributed by atoms with Crippen molar-refractivity contribution >= 4 is 15.9 Å². The van der Waals surface area contributed by atoms with E-state index in [-0.39, 0.29) is 12.0 Å². The van der Waals surface area contributed by atoms with E-state index in [0.717, 1.165) is 24.7 Å². The Labute approximate surface area is 90.8 Å². The van der Waals surface area contributed by atoms with Gasteiger partial charge < -0.3 is 4.90 Å². The number of rotatable bonds is 5. The molecular formula is C9H15BrF3N. The summed E-state index contributed by atoms with van der Waals surface area (Å²) in [5.74, 6) is 0. The lowest BCUT2D eigenvalue weighted by atomic mass is 10.1. The predicted octanol–water partition coefficient (Wildman–Crippen LogP) is 3.05. The van der Waals surface area contributed by atoms with E-state index in [1.54, 1.807) is 11.9 Å². The lowest BCUT2D eigenvalue weighted by Crippen LogP contribution is -2.30. The Morgan fingerprint density at radius 3 is 2.29 bits per heavy atom. The van der Waals surface area contributed by atoms with Crippen molar-refractivity contribution < 1.29 is 13.2 Å². The van der Waals surface area contributed by atoms with Gasteiger partial charge in [0.15, 0.2) is 0 Å². The summed E-state index contributed by atoms with van der Waals surface area (Å²) in [6.07, 6.45) is -2.47. The normalized spacial score (nSPS) is 20.1. The van der Waals surface area contributed by atoms with Crippen LogP contribution in [0.5, 0.6) is 0 Å². The second kappa shape index (κ2) is 4.39. The van der Waals surface area contributed by atoms with E-state index in [2.05, 4.69) is 15.9 Å². The van der Waals surface area contributed by atoms with Crippen LogP contribution in [0.3, 0.4) is 0 Å². The smallest absolute Gasteiger partial charge is 0.305 e. The first kappa shape index (κ1) is 12.3. The SMILES string of the molecule is CN(CCC(F)(F)F)CC1(CBr)CC1. The monoisotopic (exact) mass is 273 g/mol. The standard InChI is InChI=1S/C9H15BrF3N/c1-14(5-4-9(11,12)13)7-8(6-10)2-3-8/h2-7H2,1H3. The first-order valence-corrected chi connectivity index (χ1v) is 5.80. The van der Waals surface area contributed by atoms with Gasteiger partial charge in [0.1, 0.15) is 0 Å². The van der Waals surface area contributed by atoms with Crippen LogP contribution in [0.25, 0.3) is 0 Å². The molecule has 84 valence electrons. The fourth-order valence-corrected chi connectivity index (χ4v) is 2.22. The molecule has 0 amide bonds. The van der Waals surface area contributed by atoms with Crippen molar-refractivity contribution in [2.45, 2.75) is 25.4 Å². The van der Waals surface area contributed by atoms with Crippen LogP contribution in [-0.2, 0) is 0 Å². The van der Waals surface area contributed by atoms with E-state index in [1.165, 1.54) is 0 Å². The molecule has 1 aliphatic rings. The third-order valence-electron chi connectivity index (χ3n) is 2.62. The molecule has 0 aromatic rings. The van der Waals surface area contributed by atoms with Gasteiger partial charge in [0, 0.05) is 18.4 Å². The molecule has 1 aliphatic carbocycles. The van der Waals surface area contributed by atoms with Gasteiger partial charge in [0.25, 0.3) is 0 Å². The first-order valence-electron chi connectivity index (χ1n) is 4.68. The van der Waals surface area contributed by atoms with Gasteiger partial charge in [-0.15, -0.1) is 0 Å². The Balaban J connectivity index is 2.19. The van der Waals surface area contributed by atoms with Crippen LogP contribution < -0.4 is 0 Å². The molecule has 0 N–H and O–H groups in total. The van der Waals surface area contributed by atoms with Crippen molar-refractivity contribution in [2.24, 2.45) is 5.41 Å². The second-order valence-corrected chi connectivity index (χ2v) is 4.80. The van der Waals surface area contributed by atoms with E-state index >= 15 is 0 Å². The zero-order valence-corrected chi connectivity index (χ0v) is 9.79. The molecule has 0 aromatic carbocycles. The highest BCUT2D eigenvalue weighted by Crippen LogP contribution is 2.47. The van der Waals surface area contributed by atoms with Crippen LogP contribution in [0, 0.1) is 5.41 Å². The van der Waals surface area contributed by atoms with Crippen LogP contribution in [-0.4, -0.2) is 36.5 Å². The Morgan fingerprint density at radius 1 is 1.36 bits per heavy atom. The summed E-state index contributed by atoms with van der Waals surface area (Å²) >= 11 is 3.40. The number of halogens is 4. The average Bonchev–Trinajstić information content (AvgIpc) is 2.81. The quantitative estimate of drug-likeness (QED) is 0.696. The second-order valence-electron chi connectivity index (χ2n) is 4.24. The Kier molecular flexibility index (Phi) is 3.86. The highest BCUT2D eigenvalue weighted by Gasteiger charge is 2.42. The Morgan fingerprint density at radius 2 is 1.93 bits per heavy atom. The van der Waals surface area contributed by atoms with Gasteiger partial charge in [-0.1, -0.05) is 15.9 Å². The van der Waals surface area contributed by atoms with Crippen molar-refractivity contribution in [1.82, 2.24) is 4.90 Å². The van der Waals surface area contributed by atoms with Gasteiger partial charge in [-0.25, -0.2) is 0 Å². The third kappa shape index (κ3) is 4.17. The maximum atomic E-state index is 11.9. The summed E-state index contributed by atoms with van der Waals surface area (Å²) in [7, 11) is 1.76. The van der Waals surface area contributed by atoms with E-state index in [0.29, 0.717) is 0 Å². The van der Waals surface area contributed by atoms with E-state index in [9.17, 15) is 13.2 Å². The molecule has 0 aromatic heterocycles. The van der Waals surface area contributed by atoms with Gasteiger partial charge in [-0.3, -0.25) is 0 Å². The summed E-state index contributed by atoms with van der Waals surface area (Å²) in [5.41, 5.74) is 0.264. The van der Waals surface area contributed by atoms with E-state index < -0.39 is 12.6 Å². The van der Waals surface area contributed by atoms with E-state index in [4.69, 9.17) is 0 Å². The van der Waals surface area contributed by atoms with E-state index in [1.807, 2.05) is 0 Å². The average molecular weight is 274 g/mol. The molecule has 0 heterocycles. The molecular weight excluding hydrogens is 259 g/mol. The van der Waals surface area contributed by atoms with Gasteiger partial charge >= 0.3 is 6.18 Å². The fourth-order valence-electron chi connectivity index (χ4n) is 1.48. The fraction of sp³-hybridized carbons (Fsp3) is 1.00. The topological polar surface area (TPSA) is 3.24 Å². The molecule has 5 heteroatoms. The summed E-state index contributed by atoms with van der Waals surface area (Å²) in [6, 6.07) is 0. The largest absolute Gasteiger partial charge is 0.390 e. The van der Waals surface area contributed by atoms with Crippen LogP contribution in [0.1, 0.15) is 19.3 Å². The molecule has 0 saturated heterocycles. The van der Waals surface area contributed by atoms with Crippen LogP contribution in [0.4, 0.5) is 13.2 Å². The summed E-state index contributed by atoms with van der Waals surface area (Å²) in [5, 5.41) is 0.899. The predicted molar refractivity (Wildman–Crippen MR) is 53.6 cm³/mol. The van der Waals surface area contributed by atoms with Gasteiger partial charge in [0.2, 0.25) is 0 Å². The molecule has 1 fully saturated rings. The minimum absolute atomic E-state index is 0.109. The molecule has 14 heavy (non-hydrogen) atoms. The molecule has 1 saturated carbocycles. The molecule has 0 radical (unpaired) electrons. The van der Waals surface area contributed by atoms with Crippen molar-refractivity contribution in [3.63, 3.8) is 0 Å². The molecule has 0 bridgehead atoms. The third-order valence-corrected chi connectivity index (χ3v) is 3.81. The molecule has 0 aliphatic heterocycles. The molecule has 0 unspecified atom stereocenters. The van der Waals surface area contributed by atoms with Crippen LogP contribution in [0.15, 0.2) is 0 Å². The van der Waals surface area contributed by atoms with Crippen molar-refractivity contribution in [2.75, 3.05) is 25.5 Å². The molecule has 1 nitrogen and oxygen atoms in total. The number of hydrogen-bond acceptors (Lipinski definition) is 1. The number of nitrogens with zero attached hydrogens (tertiary/aromatic N) is 1. The summed E-state index contributed by atoms with van der Waals surface area (Å²) < 4.78 is 35.7. The zero-order chi connectivity index (χ0) is 10.8. The van der Waals surface area contributed by atoms with Gasteiger partial charge in [-0.05, 0) is 25.3 Å². The maximum Gasteiger partial charge on any atom is 0.390 e.